The van der Waals surface area contributed by atoms with Crippen LogP contribution in [0.1, 0.15) is 71.1 Å². The van der Waals surface area contributed by atoms with Crippen LogP contribution in [0, 0.1) is 11.8 Å². The molecule has 2 N–H and O–H groups in total. The van der Waals surface area contributed by atoms with E-state index in [1.165, 1.54) is 0 Å². The van der Waals surface area contributed by atoms with Crippen LogP contribution >= 0.6 is 0 Å². The zero-order chi connectivity index (χ0) is 19.5. The summed E-state index contributed by atoms with van der Waals surface area (Å²) in [5.41, 5.74) is 0. The van der Waals surface area contributed by atoms with Crippen molar-refractivity contribution in [2.24, 2.45) is 11.8 Å². The first-order valence-electron chi connectivity index (χ1n) is 9.61. The van der Waals surface area contributed by atoms with E-state index in [1.54, 1.807) is 0 Å². The summed E-state index contributed by atoms with van der Waals surface area (Å²) in [6.07, 6.45) is 5.45. The molecule has 4 atom stereocenters. The number of alkyl halides is 1. The van der Waals surface area contributed by atoms with Crippen molar-refractivity contribution < 1.29 is 29.0 Å². The smallest absolute Gasteiger partial charge is 0.303 e. The molecule has 0 radical (unpaired) electrons. The molecule has 26 heavy (non-hydrogen) atoms. The number of unbranched alkanes of at least 4 members (excludes halogenated alkanes) is 2. The Bertz CT molecular complexity index is 502. The molecule has 6 heteroatoms. The number of ketones is 2. The number of aliphatic hydroxyl groups is 1. The van der Waals surface area contributed by atoms with Gasteiger partial charge in [0.2, 0.25) is 0 Å². The van der Waals surface area contributed by atoms with Gasteiger partial charge < -0.3 is 10.2 Å². The number of hydrogen-bond donors (Lipinski definition) is 2. The van der Waals surface area contributed by atoms with Gasteiger partial charge in [0.25, 0.3) is 0 Å². The van der Waals surface area contributed by atoms with Crippen LogP contribution in [0.15, 0.2) is 12.2 Å². The third-order valence-electron chi connectivity index (χ3n) is 5.04. The van der Waals surface area contributed by atoms with Gasteiger partial charge in [-0.2, -0.15) is 0 Å². The molecule has 1 saturated carbocycles. The van der Waals surface area contributed by atoms with E-state index in [0.29, 0.717) is 32.1 Å². The summed E-state index contributed by atoms with van der Waals surface area (Å²) in [5, 5.41) is 18.7. The minimum atomic E-state index is -1.45. The molecule has 0 aromatic rings. The van der Waals surface area contributed by atoms with E-state index < -0.39 is 24.0 Å². The highest BCUT2D eigenvalue weighted by atomic mass is 19.1. The molecular weight excluding hydrogens is 339 g/mol. The molecule has 1 aliphatic carbocycles. The lowest BCUT2D eigenvalue weighted by Crippen LogP contribution is -2.23. The second kappa shape index (κ2) is 11.9. The Balaban J connectivity index is 2.46. The van der Waals surface area contributed by atoms with Crippen molar-refractivity contribution in [2.45, 2.75) is 83.4 Å². The van der Waals surface area contributed by atoms with Gasteiger partial charge in [0, 0.05) is 25.2 Å². The summed E-state index contributed by atoms with van der Waals surface area (Å²) in [5.74, 6) is -1.95. The van der Waals surface area contributed by atoms with E-state index in [9.17, 15) is 23.9 Å². The molecule has 0 aromatic carbocycles. The number of halogens is 1. The number of aliphatic carboxylic acids is 1. The van der Waals surface area contributed by atoms with E-state index in [0.717, 1.165) is 6.42 Å². The van der Waals surface area contributed by atoms with Gasteiger partial charge in [0.15, 0.2) is 12.0 Å². The summed E-state index contributed by atoms with van der Waals surface area (Å²) in [4.78, 5) is 34.4. The van der Waals surface area contributed by atoms with Crippen LogP contribution in [-0.4, -0.2) is 40.0 Å². The highest BCUT2D eigenvalue weighted by Gasteiger charge is 2.40. The van der Waals surface area contributed by atoms with E-state index in [1.807, 2.05) is 19.1 Å². The molecule has 0 spiro atoms. The lowest BCUT2D eigenvalue weighted by Gasteiger charge is -2.20. The molecule has 148 valence electrons. The summed E-state index contributed by atoms with van der Waals surface area (Å²) < 4.78 is 13.8. The van der Waals surface area contributed by atoms with Crippen molar-refractivity contribution in [2.75, 3.05) is 0 Å². The topological polar surface area (TPSA) is 91.7 Å². The predicted octanol–water partition coefficient (Wildman–Crippen LogP) is 3.63. The van der Waals surface area contributed by atoms with Crippen LogP contribution in [-0.2, 0) is 14.4 Å². The Labute approximate surface area is 154 Å². The van der Waals surface area contributed by atoms with Crippen molar-refractivity contribution in [3.8, 4) is 0 Å². The van der Waals surface area contributed by atoms with Crippen LogP contribution < -0.4 is 0 Å². The fourth-order valence-corrected chi connectivity index (χ4v) is 3.46. The average Bonchev–Trinajstić information content (AvgIpc) is 2.86. The van der Waals surface area contributed by atoms with Crippen LogP contribution in [0.3, 0.4) is 0 Å². The molecule has 0 saturated heterocycles. The summed E-state index contributed by atoms with van der Waals surface area (Å²) >= 11 is 0. The highest BCUT2D eigenvalue weighted by Crippen LogP contribution is 2.35. The maximum absolute atomic E-state index is 13.8. The van der Waals surface area contributed by atoms with Gasteiger partial charge >= 0.3 is 5.97 Å². The first-order chi connectivity index (χ1) is 12.4. The van der Waals surface area contributed by atoms with Gasteiger partial charge in [-0.25, -0.2) is 4.39 Å². The van der Waals surface area contributed by atoms with E-state index in [2.05, 4.69) is 0 Å². The molecule has 1 fully saturated rings. The molecule has 5 nitrogen and oxygen atoms in total. The molecule has 1 rings (SSSR count). The standard InChI is InChI=1S/C20H31FO5/c1-2-3-9-16(21)17(22)12-11-15-14(18(23)13-19(15)24)8-6-4-5-7-10-20(25)26/h4,6,14-16,19,24H,2-3,5,7-13H2,1H3,(H,25,26)/t14-,15-,16-,19-/m1/s1. The normalized spacial score (nSPS) is 24.3. The number of carbonyl (C=O) groups is 3. The molecule has 0 aliphatic heterocycles. The summed E-state index contributed by atoms with van der Waals surface area (Å²) in [6.45, 7) is 1.94. The number of aliphatic hydroxyl groups excluding tert-OH is 1. The predicted molar refractivity (Wildman–Crippen MR) is 96.5 cm³/mol. The number of Topliss-reactive ketones (excluding diaryl/α,β-unsaturated/α-hetero) is 2. The fourth-order valence-electron chi connectivity index (χ4n) is 3.46. The minimum absolute atomic E-state index is 0.0204. The van der Waals surface area contributed by atoms with Crippen molar-refractivity contribution in [3.05, 3.63) is 12.2 Å². The number of rotatable bonds is 13. The fraction of sp³-hybridized carbons (Fsp3) is 0.750. The van der Waals surface area contributed by atoms with Crippen molar-refractivity contribution in [1.82, 2.24) is 0 Å². The van der Waals surface area contributed by atoms with E-state index >= 15 is 0 Å². The lowest BCUT2D eigenvalue weighted by molar-refractivity contribution is -0.137. The largest absolute Gasteiger partial charge is 0.481 e. The SMILES string of the molecule is CCCC[C@@H](F)C(=O)CC[C@H]1[C@H](O)CC(=O)[C@@H]1CC=CCCCC(=O)O. The molecule has 0 unspecified atom stereocenters. The number of hydrogen-bond acceptors (Lipinski definition) is 4. The quantitative estimate of drug-likeness (QED) is 0.381. The van der Waals surface area contributed by atoms with Gasteiger partial charge in [0.1, 0.15) is 5.78 Å². The molecule has 0 heterocycles. The summed E-state index contributed by atoms with van der Waals surface area (Å²) in [6, 6.07) is 0. The number of carbonyl (C=O) groups excluding carboxylic acids is 2. The minimum Gasteiger partial charge on any atom is -0.481 e. The monoisotopic (exact) mass is 370 g/mol. The molecule has 0 amide bonds. The maximum Gasteiger partial charge on any atom is 0.303 e. The number of carboxylic acids is 1. The van der Waals surface area contributed by atoms with Crippen LogP contribution in [0.2, 0.25) is 0 Å². The third-order valence-corrected chi connectivity index (χ3v) is 5.04. The Morgan fingerprint density at radius 2 is 2.00 bits per heavy atom. The van der Waals surface area contributed by atoms with Crippen LogP contribution in [0.25, 0.3) is 0 Å². The van der Waals surface area contributed by atoms with Crippen molar-refractivity contribution >= 4 is 17.5 Å². The van der Waals surface area contributed by atoms with Gasteiger partial charge in [-0.15, -0.1) is 0 Å². The van der Waals surface area contributed by atoms with Gasteiger partial charge in [-0.3, -0.25) is 14.4 Å². The molecule has 0 aromatic heterocycles. The lowest BCUT2D eigenvalue weighted by atomic mass is 9.86. The first-order valence-corrected chi connectivity index (χ1v) is 9.61. The van der Waals surface area contributed by atoms with Crippen molar-refractivity contribution in [1.29, 1.82) is 0 Å². The Morgan fingerprint density at radius 3 is 2.65 bits per heavy atom. The number of carboxylic acid groups (broad SMARTS) is 1. The van der Waals surface area contributed by atoms with E-state index in [4.69, 9.17) is 5.11 Å². The van der Waals surface area contributed by atoms with Crippen LogP contribution in [0.4, 0.5) is 4.39 Å². The Hall–Kier alpha value is -1.56. The second-order valence-electron chi connectivity index (χ2n) is 7.12. The number of allylic oxidation sites excluding steroid dienone is 2. The van der Waals surface area contributed by atoms with Gasteiger partial charge in [-0.1, -0.05) is 31.9 Å². The zero-order valence-corrected chi connectivity index (χ0v) is 15.5. The average molecular weight is 370 g/mol. The molecule has 0 bridgehead atoms. The molecular formula is C20H31FO5. The second-order valence-corrected chi connectivity index (χ2v) is 7.12. The molecule has 1 aliphatic rings. The van der Waals surface area contributed by atoms with Crippen LogP contribution in [0.5, 0.6) is 0 Å². The van der Waals surface area contributed by atoms with Gasteiger partial charge in [-0.05, 0) is 38.0 Å². The zero-order valence-electron chi connectivity index (χ0n) is 15.5. The van der Waals surface area contributed by atoms with E-state index in [-0.39, 0.29) is 43.3 Å². The first kappa shape index (κ1) is 22.5. The third kappa shape index (κ3) is 7.77. The van der Waals surface area contributed by atoms with Crippen molar-refractivity contribution in [3.63, 3.8) is 0 Å². The highest BCUT2D eigenvalue weighted by molar-refractivity contribution is 5.85. The summed E-state index contributed by atoms with van der Waals surface area (Å²) in [7, 11) is 0. The Morgan fingerprint density at radius 1 is 1.27 bits per heavy atom. The maximum atomic E-state index is 13.8. The van der Waals surface area contributed by atoms with Gasteiger partial charge in [0.05, 0.1) is 6.10 Å². The Kier molecular flexibility index (Phi) is 10.3.